The van der Waals surface area contributed by atoms with Gasteiger partial charge < -0.3 is 14.9 Å². The Morgan fingerprint density at radius 3 is 2.56 bits per heavy atom. The zero-order valence-electron chi connectivity index (χ0n) is 8.66. The lowest BCUT2D eigenvalue weighted by atomic mass is 9.96. The van der Waals surface area contributed by atoms with Crippen LogP contribution >= 0.6 is 15.9 Å². The molecule has 0 radical (unpaired) electrons. The summed E-state index contributed by atoms with van der Waals surface area (Å²) >= 11 is 3.31. The number of methoxy groups -OCH3 is 1. The van der Waals surface area contributed by atoms with E-state index in [9.17, 15) is 9.90 Å². The Bertz CT molecular complexity index is 452. The van der Waals surface area contributed by atoms with E-state index < -0.39 is 11.4 Å². The standard InChI is InChI=1S/C11H11BrO4/c1-16-9-5-7(12)6(4-8(9)13)11(2-3-11)10(14)15/h4-5,13H,2-3H2,1H3,(H,14,15). The monoisotopic (exact) mass is 286 g/mol. The highest BCUT2D eigenvalue weighted by Crippen LogP contribution is 2.52. The average Bonchev–Trinajstić information content (AvgIpc) is 3.01. The smallest absolute Gasteiger partial charge is 0.314 e. The molecule has 0 saturated heterocycles. The molecular weight excluding hydrogens is 276 g/mol. The van der Waals surface area contributed by atoms with E-state index in [-0.39, 0.29) is 5.75 Å². The number of hydrogen-bond donors (Lipinski definition) is 2. The Balaban J connectivity index is 2.51. The van der Waals surface area contributed by atoms with Crippen LogP contribution < -0.4 is 4.74 Å². The number of ether oxygens (including phenoxy) is 1. The first-order chi connectivity index (χ1) is 7.51. The first-order valence-corrected chi connectivity index (χ1v) is 5.61. The van der Waals surface area contributed by atoms with Crippen molar-refractivity contribution >= 4 is 21.9 Å². The highest BCUT2D eigenvalue weighted by Gasteiger charge is 2.53. The molecule has 0 aliphatic heterocycles. The summed E-state index contributed by atoms with van der Waals surface area (Å²) in [6, 6.07) is 3.05. The third-order valence-corrected chi connectivity index (χ3v) is 3.60. The Morgan fingerprint density at radius 1 is 1.50 bits per heavy atom. The Kier molecular flexibility index (Phi) is 2.58. The topological polar surface area (TPSA) is 66.8 Å². The van der Waals surface area contributed by atoms with Gasteiger partial charge in [-0.25, -0.2) is 0 Å². The lowest BCUT2D eigenvalue weighted by Gasteiger charge is -2.14. The molecule has 1 aliphatic carbocycles. The van der Waals surface area contributed by atoms with Crippen molar-refractivity contribution < 1.29 is 19.7 Å². The van der Waals surface area contributed by atoms with E-state index in [1.54, 1.807) is 6.07 Å². The number of phenolic OH excluding ortho intramolecular Hbond substituents is 1. The minimum atomic E-state index is -0.849. The number of carboxylic acids is 1. The van der Waals surface area contributed by atoms with Crippen LogP contribution in [0.4, 0.5) is 0 Å². The van der Waals surface area contributed by atoms with Crippen molar-refractivity contribution in [2.75, 3.05) is 7.11 Å². The highest BCUT2D eigenvalue weighted by atomic mass is 79.9. The van der Waals surface area contributed by atoms with E-state index >= 15 is 0 Å². The molecule has 1 aromatic carbocycles. The highest BCUT2D eigenvalue weighted by molar-refractivity contribution is 9.10. The zero-order valence-corrected chi connectivity index (χ0v) is 10.2. The normalized spacial score (nSPS) is 16.9. The SMILES string of the molecule is COc1cc(Br)c(C2(C(=O)O)CC2)cc1O. The number of carboxylic acid groups (broad SMARTS) is 1. The van der Waals surface area contributed by atoms with Crippen LogP contribution in [0, 0.1) is 0 Å². The van der Waals surface area contributed by atoms with Crippen molar-refractivity contribution in [2.45, 2.75) is 18.3 Å². The molecule has 1 saturated carbocycles. The van der Waals surface area contributed by atoms with Crippen LogP contribution in [0.25, 0.3) is 0 Å². The molecule has 86 valence electrons. The van der Waals surface area contributed by atoms with Gasteiger partial charge in [-0.15, -0.1) is 0 Å². The van der Waals surface area contributed by atoms with Gasteiger partial charge in [0.2, 0.25) is 0 Å². The van der Waals surface area contributed by atoms with E-state index in [0.29, 0.717) is 28.6 Å². The van der Waals surface area contributed by atoms with Crippen molar-refractivity contribution in [1.82, 2.24) is 0 Å². The van der Waals surface area contributed by atoms with Crippen molar-refractivity contribution in [2.24, 2.45) is 0 Å². The van der Waals surface area contributed by atoms with E-state index in [1.807, 2.05) is 0 Å². The number of halogens is 1. The third-order valence-electron chi connectivity index (χ3n) is 2.94. The summed E-state index contributed by atoms with van der Waals surface area (Å²) < 4.78 is 5.60. The molecule has 0 heterocycles. The van der Waals surface area contributed by atoms with E-state index in [1.165, 1.54) is 13.2 Å². The molecule has 0 aromatic heterocycles. The van der Waals surface area contributed by atoms with Gasteiger partial charge in [0.05, 0.1) is 12.5 Å². The summed E-state index contributed by atoms with van der Waals surface area (Å²) in [5.41, 5.74) is -0.221. The van der Waals surface area contributed by atoms with Crippen LogP contribution in [-0.4, -0.2) is 23.3 Å². The third kappa shape index (κ3) is 1.55. The summed E-state index contributed by atoms with van der Waals surface area (Å²) in [5.74, 6) is -0.553. The minimum Gasteiger partial charge on any atom is -0.504 e. The van der Waals surface area contributed by atoms with Crippen molar-refractivity contribution in [3.8, 4) is 11.5 Å². The van der Waals surface area contributed by atoms with Crippen molar-refractivity contribution in [3.63, 3.8) is 0 Å². The van der Waals surface area contributed by atoms with E-state index in [2.05, 4.69) is 15.9 Å². The molecule has 2 rings (SSSR count). The zero-order chi connectivity index (χ0) is 11.9. The molecule has 0 atom stereocenters. The molecule has 0 amide bonds. The Labute approximate surface area is 101 Å². The fraction of sp³-hybridized carbons (Fsp3) is 0.364. The molecule has 1 aromatic rings. The second kappa shape index (κ2) is 3.66. The first-order valence-electron chi connectivity index (χ1n) is 4.81. The average molecular weight is 287 g/mol. The second-order valence-corrected chi connectivity index (χ2v) is 4.75. The summed E-state index contributed by atoms with van der Waals surface area (Å²) in [6.45, 7) is 0. The van der Waals surface area contributed by atoms with Gasteiger partial charge in [0, 0.05) is 4.47 Å². The summed E-state index contributed by atoms with van der Waals surface area (Å²) in [5, 5.41) is 18.8. The number of phenols is 1. The minimum absolute atomic E-state index is 0.0341. The summed E-state index contributed by atoms with van der Waals surface area (Å²) in [6.07, 6.45) is 1.21. The maximum absolute atomic E-state index is 11.2. The van der Waals surface area contributed by atoms with Gasteiger partial charge in [-0.05, 0) is 30.5 Å². The van der Waals surface area contributed by atoms with Gasteiger partial charge in [-0.3, -0.25) is 4.79 Å². The van der Waals surface area contributed by atoms with Crippen LogP contribution in [0.3, 0.4) is 0 Å². The van der Waals surface area contributed by atoms with Crippen molar-refractivity contribution in [1.29, 1.82) is 0 Å². The molecular formula is C11H11BrO4. The van der Waals surface area contributed by atoms with Gasteiger partial charge in [-0.2, -0.15) is 0 Å². The molecule has 4 nitrogen and oxygen atoms in total. The molecule has 16 heavy (non-hydrogen) atoms. The lowest BCUT2D eigenvalue weighted by molar-refractivity contribution is -0.140. The predicted octanol–water partition coefficient (Wildman–Crippen LogP) is 2.28. The van der Waals surface area contributed by atoms with Crippen molar-refractivity contribution in [3.05, 3.63) is 22.2 Å². The molecule has 0 bridgehead atoms. The Hall–Kier alpha value is -1.23. The fourth-order valence-electron chi connectivity index (χ4n) is 1.80. The van der Waals surface area contributed by atoms with Crippen LogP contribution in [0.15, 0.2) is 16.6 Å². The van der Waals surface area contributed by atoms with Crippen LogP contribution in [0.1, 0.15) is 18.4 Å². The number of benzene rings is 1. The predicted molar refractivity (Wildman–Crippen MR) is 60.9 cm³/mol. The first kappa shape index (κ1) is 11.3. The van der Waals surface area contributed by atoms with Gasteiger partial charge in [0.15, 0.2) is 11.5 Å². The van der Waals surface area contributed by atoms with E-state index in [4.69, 9.17) is 9.84 Å². The molecule has 2 N–H and O–H groups in total. The Morgan fingerprint density at radius 2 is 2.12 bits per heavy atom. The number of aromatic hydroxyl groups is 1. The van der Waals surface area contributed by atoms with Gasteiger partial charge in [0.25, 0.3) is 0 Å². The molecule has 5 heteroatoms. The summed E-state index contributed by atoms with van der Waals surface area (Å²) in [7, 11) is 1.45. The number of aliphatic carboxylic acids is 1. The molecule has 0 unspecified atom stereocenters. The number of carbonyl (C=O) groups is 1. The van der Waals surface area contributed by atoms with Gasteiger partial charge >= 0.3 is 5.97 Å². The van der Waals surface area contributed by atoms with Crippen LogP contribution in [0.5, 0.6) is 11.5 Å². The molecule has 1 aliphatic rings. The second-order valence-electron chi connectivity index (χ2n) is 3.89. The lowest BCUT2D eigenvalue weighted by Crippen LogP contribution is -2.20. The number of hydrogen-bond acceptors (Lipinski definition) is 3. The van der Waals surface area contributed by atoms with Crippen LogP contribution in [-0.2, 0) is 10.2 Å². The van der Waals surface area contributed by atoms with E-state index in [0.717, 1.165) is 0 Å². The molecule has 0 spiro atoms. The quantitative estimate of drug-likeness (QED) is 0.895. The van der Waals surface area contributed by atoms with Gasteiger partial charge in [0.1, 0.15) is 0 Å². The number of rotatable bonds is 3. The maximum Gasteiger partial charge on any atom is 0.314 e. The largest absolute Gasteiger partial charge is 0.504 e. The fourth-order valence-corrected chi connectivity index (χ4v) is 2.50. The van der Waals surface area contributed by atoms with Crippen LogP contribution in [0.2, 0.25) is 0 Å². The van der Waals surface area contributed by atoms with Gasteiger partial charge in [-0.1, -0.05) is 15.9 Å². The summed E-state index contributed by atoms with van der Waals surface area (Å²) in [4.78, 5) is 11.2. The molecule has 1 fully saturated rings. The maximum atomic E-state index is 11.2.